The van der Waals surface area contributed by atoms with Gasteiger partial charge in [-0.15, -0.1) is 0 Å². The van der Waals surface area contributed by atoms with Crippen molar-refractivity contribution < 1.29 is 19.5 Å². The molecule has 0 saturated carbocycles. The number of carboxylic acids is 1. The molecule has 1 aliphatic rings. The number of benzene rings is 1. The van der Waals surface area contributed by atoms with E-state index in [9.17, 15) is 14.4 Å². The maximum Gasteiger partial charge on any atom is 0.314 e. The first-order valence-electron chi connectivity index (χ1n) is 6.10. The van der Waals surface area contributed by atoms with Gasteiger partial charge in [-0.1, -0.05) is 13.8 Å². The lowest BCUT2D eigenvalue weighted by Gasteiger charge is -2.15. The number of hydrogen-bond donors (Lipinski definition) is 2. The molecule has 2 rings (SSSR count). The fourth-order valence-electron chi connectivity index (χ4n) is 2.26. The summed E-state index contributed by atoms with van der Waals surface area (Å²) < 4.78 is 0. The van der Waals surface area contributed by atoms with Crippen molar-refractivity contribution in [1.82, 2.24) is 0 Å². The molecule has 0 fully saturated rings. The largest absolute Gasteiger partial charge is 0.481 e. The zero-order chi connectivity index (χ0) is 14.2. The number of fused-ring (bicyclic) bond motifs is 1. The van der Waals surface area contributed by atoms with Gasteiger partial charge >= 0.3 is 5.97 Å². The monoisotopic (exact) mass is 261 g/mol. The molecule has 5 heteroatoms. The summed E-state index contributed by atoms with van der Waals surface area (Å²) in [5.74, 6) is -2.97. The Morgan fingerprint density at radius 2 is 2.00 bits per heavy atom. The first-order valence-corrected chi connectivity index (χ1v) is 6.10. The minimum atomic E-state index is -1.12. The highest BCUT2D eigenvalue weighted by Crippen LogP contribution is 2.26. The third-order valence-corrected chi connectivity index (χ3v) is 3.23. The molecule has 1 amide bonds. The summed E-state index contributed by atoms with van der Waals surface area (Å²) in [6.07, 6.45) is 0.232. The van der Waals surface area contributed by atoms with Crippen molar-refractivity contribution in [3.05, 3.63) is 29.3 Å². The summed E-state index contributed by atoms with van der Waals surface area (Å²) in [5, 5.41) is 11.8. The van der Waals surface area contributed by atoms with Crippen LogP contribution in [0.1, 0.15) is 29.8 Å². The average Bonchev–Trinajstić information content (AvgIpc) is 2.66. The van der Waals surface area contributed by atoms with E-state index in [-0.39, 0.29) is 18.2 Å². The maximum absolute atomic E-state index is 12.2. The Labute approximate surface area is 110 Å². The summed E-state index contributed by atoms with van der Waals surface area (Å²) in [6.45, 7) is 3.41. The summed E-state index contributed by atoms with van der Waals surface area (Å²) in [5.41, 5.74) is 1.78. The van der Waals surface area contributed by atoms with Crippen molar-refractivity contribution in [2.75, 3.05) is 5.32 Å². The Morgan fingerprint density at radius 1 is 1.32 bits per heavy atom. The van der Waals surface area contributed by atoms with E-state index in [1.54, 1.807) is 32.0 Å². The van der Waals surface area contributed by atoms with Crippen LogP contribution in [0.3, 0.4) is 0 Å². The zero-order valence-corrected chi connectivity index (χ0v) is 10.8. The number of carbonyl (C=O) groups excluding carboxylic acids is 2. The molecular formula is C14H15NO4. The van der Waals surface area contributed by atoms with E-state index < -0.39 is 17.7 Å². The molecule has 0 bridgehead atoms. The molecule has 1 aliphatic heterocycles. The zero-order valence-electron chi connectivity index (χ0n) is 10.8. The van der Waals surface area contributed by atoms with E-state index in [1.165, 1.54) is 0 Å². The molecule has 1 aromatic rings. The molecule has 5 nitrogen and oxygen atoms in total. The van der Waals surface area contributed by atoms with Crippen LogP contribution in [0.2, 0.25) is 0 Å². The Bertz CT molecular complexity index is 563. The van der Waals surface area contributed by atoms with Crippen LogP contribution in [0.4, 0.5) is 5.69 Å². The van der Waals surface area contributed by atoms with Gasteiger partial charge in [0, 0.05) is 11.3 Å². The molecule has 0 spiro atoms. The number of carbonyl (C=O) groups is 3. The third-order valence-electron chi connectivity index (χ3n) is 3.23. The topological polar surface area (TPSA) is 83.5 Å². The first kappa shape index (κ1) is 13.3. The fraction of sp³-hybridized carbons (Fsp3) is 0.357. The van der Waals surface area contributed by atoms with Gasteiger partial charge in [0.05, 0.1) is 6.42 Å². The third kappa shape index (κ3) is 2.50. The van der Waals surface area contributed by atoms with Gasteiger partial charge in [-0.05, 0) is 29.7 Å². The van der Waals surface area contributed by atoms with Gasteiger partial charge in [0.25, 0.3) is 0 Å². The molecule has 2 N–H and O–H groups in total. The number of amides is 1. The molecule has 0 radical (unpaired) electrons. The quantitative estimate of drug-likeness (QED) is 0.638. The van der Waals surface area contributed by atoms with Crippen LogP contribution in [-0.2, 0) is 16.0 Å². The SMILES string of the molecule is CC(C)C(C(=O)O)C(=O)c1ccc2c(c1)CC(=O)N2. The second kappa shape index (κ2) is 4.84. The van der Waals surface area contributed by atoms with Gasteiger partial charge in [0.15, 0.2) is 5.78 Å². The Kier molecular flexibility index (Phi) is 3.38. The van der Waals surface area contributed by atoms with Gasteiger partial charge in [0.2, 0.25) is 5.91 Å². The lowest BCUT2D eigenvalue weighted by Crippen LogP contribution is -2.28. The van der Waals surface area contributed by atoms with Crippen LogP contribution < -0.4 is 5.32 Å². The summed E-state index contributed by atoms with van der Waals surface area (Å²) in [4.78, 5) is 34.6. The molecular weight excluding hydrogens is 246 g/mol. The van der Waals surface area contributed by atoms with Crippen molar-refractivity contribution in [2.45, 2.75) is 20.3 Å². The number of rotatable bonds is 4. The molecule has 0 aromatic heterocycles. The van der Waals surface area contributed by atoms with E-state index in [1.807, 2.05) is 0 Å². The number of carboxylic acid groups (broad SMARTS) is 1. The standard InChI is InChI=1S/C14H15NO4/c1-7(2)12(14(18)19)13(17)8-3-4-10-9(5-8)6-11(16)15-10/h3-5,7,12H,6H2,1-2H3,(H,15,16)(H,18,19). The molecule has 0 aliphatic carbocycles. The Morgan fingerprint density at radius 3 is 2.58 bits per heavy atom. The molecule has 1 heterocycles. The minimum absolute atomic E-state index is 0.113. The molecule has 100 valence electrons. The van der Waals surface area contributed by atoms with Crippen molar-refractivity contribution in [3.8, 4) is 0 Å². The summed E-state index contributed by atoms with van der Waals surface area (Å²) in [6, 6.07) is 4.81. The van der Waals surface area contributed by atoms with Crippen molar-refractivity contribution >= 4 is 23.3 Å². The highest BCUT2D eigenvalue weighted by Gasteiger charge is 2.31. The number of anilines is 1. The van der Waals surface area contributed by atoms with Crippen LogP contribution in [0.25, 0.3) is 0 Å². The number of Topliss-reactive ketones (excluding diaryl/α,β-unsaturated/α-hetero) is 1. The average molecular weight is 261 g/mol. The number of nitrogens with one attached hydrogen (secondary N) is 1. The molecule has 1 aromatic carbocycles. The van der Waals surface area contributed by atoms with E-state index >= 15 is 0 Å². The van der Waals surface area contributed by atoms with Gasteiger partial charge in [0.1, 0.15) is 5.92 Å². The smallest absolute Gasteiger partial charge is 0.314 e. The Hall–Kier alpha value is -2.17. The molecule has 1 unspecified atom stereocenters. The molecule has 0 saturated heterocycles. The first-order chi connectivity index (χ1) is 8.90. The van der Waals surface area contributed by atoms with E-state index in [0.717, 1.165) is 5.56 Å². The van der Waals surface area contributed by atoms with Gasteiger partial charge < -0.3 is 10.4 Å². The maximum atomic E-state index is 12.2. The van der Waals surface area contributed by atoms with Crippen molar-refractivity contribution in [1.29, 1.82) is 0 Å². The number of aliphatic carboxylic acids is 1. The van der Waals surface area contributed by atoms with Crippen molar-refractivity contribution in [2.24, 2.45) is 11.8 Å². The normalized spacial score (nSPS) is 15.0. The van der Waals surface area contributed by atoms with Crippen LogP contribution in [-0.4, -0.2) is 22.8 Å². The van der Waals surface area contributed by atoms with E-state index in [4.69, 9.17) is 5.11 Å². The lowest BCUT2D eigenvalue weighted by atomic mass is 9.87. The second-order valence-corrected chi connectivity index (χ2v) is 5.02. The summed E-state index contributed by atoms with van der Waals surface area (Å²) in [7, 11) is 0. The van der Waals surface area contributed by atoms with Crippen molar-refractivity contribution in [3.63, 3.8) is 0 Å². The van der Waals surface area contributed by atoms with Gasteiger partial charge in [-0.2, -0.15) is 0 Å². The van der Waals surface area contributed by atoms with Gasteiger partial charge in [-0.3, -0.25) is 14.4 Å². The van der Waals surface area contributed by atoms with Crippen LogP contribution in [0.15, 0.2) is 18.2 Å². The molecule has 1 atom stereocenters. The lowest BCUT2D eigenvalue weighted by molar-refractivity contribution is -0.141. The van der Waals surface area contributed by atoms with Crippen LogP contribution in [0.5, 0.6) is 0 Å². The van der Waals surface area contributed by atoms with E-state index in [0.29, 0.717) is 11.3 Å². The van der Waals surface area contributed by atoms with Gasteiger partial charge in [-0.25, -0.2) is 0 Å². The predicted molar refractivity (Wildman–Crippen MR) is 69.1 cm³/mol. The molecule has 19 heavy (non-hydrogen) atoms. The predicted octanol–water partition coefficient (Wildman–Crippen LogP) is 1.72. The minimum Gasteiger partial charge on any atom is -0.481 e. The number of hydrogen-bond acceptors (Lipinski definition) is 3. The Balaban J connectivity index is 2.32. The fourth-order valence-corrected chi connectivity index (χ4v) is 2.26. The summed E-state index contributed by atoms with van der Waals surface area (Å²) >= 11 is 0. The van der Waals surface area contributed by atoms with Crippen LogP contribution >= 0.6 is 0 Å². The van der Waals surface area contributed by atoms with Crippen LogP contribution in [0, 0.1) is 11.8 Å². The highest BCUT2D eigenvalue weighted by molar-refractivity contribution is 6.09. The van der Waals surface area contributed by atoms with E-state index in [2.05, 4.69) is 5.32 Å². The highest BCUT2D eigenvalue weighted by atomic mass is 16.4. The second-order valence-electron chi connectivity index (χ2n) is 5.02. The number of ketones is 1.